The van der Waals surface area contributed by atoms with Crippen LogP contribution in [0.3, 0.4) is 0 Å². The van der Waals surface area contributed by atoms with E-state index in [0.717, 1.165) is 16.4 Å². The molecule has 23 heavy (non-hydrogen) atoms. The molecular formula is C16H12ClN3O2S. The number of thiazole rings is 1. The minimum absolute atomic E-state index is 0.227. The summed E-state index contributed by atoms with van der Waals surface area (Å²) in [5, 5.41) is 3.14. The van der Waals surface area contributed by atoms with E-state index in [1.807, 2.05) is 23.6 Å². The van der Waals surface area contributed by atoms with Crippen LogP contribution < -0.4 is 10.5 Å². The van der Waals surface area contributed by atoms with E-state index in [9.17, 15) is 4.79 Å². The number of halogens is 1. The Morgan fingerprint density at radius 3 is 2.91 bits per heavy atom. The maximum absolute atomic E-state index is 11.4. The molecule has 2 N–H and O–H groups in total. The number of nitrogens with two attached hydrogens (primary N) is 1. The Hall–Kier alpha value is -2.44. The van der Waals surface area contributed by atoms with Crippen molar-refractivity contribution in [2.75, 3.05) is 0 Å². The Bertz CT molecular complexity index is 836. The molecule has 0 fully saturated rings. The van der Waals surface area contributed by atoms with Crippen molar-refractivity contribution in [1.82, 2.24) is 9.97 Å². The number of carbonyl (C=O) groups excluding carboxylic acids is 1. The SMILES string of the molecule is NC(=O)c1cc(Cl)ccc1OCc1csc(-c2ccccn2)n1. The van der Waals surface area contributed by atoms with Crippen molar-refractivity contribution in [3.63, 3.8) is 0 Å². The quantitative estimate of drug-likeness (QED) is 0.767. The number of rotatable bonds is 5. The molecule has 1 amide bonds. The van der Waals surface area contributed by atoms with E-state index in [2.05, 4.69) is 9.97 Å². The first-order valence-corrected chi connectivity index (χ1v) is 7.97. The fraction of sp³-hybridized carbons (Fsp3) is 0.0625. The lowest BCUT2D eigenvalue weighted by Crippen LogP contribution is -2.13. The van der Waals surface area contributed by atoms with Gasteiger partial charge in [0, 0.05) is 16.6 Å². The molecule has 0 spiro atoms. The van der Waals surface area contributed by atoms with Gasteiger partial charge in [0.2, 0.25) is 0 Å². The number of carbonyl (C=O) groups is 1. The number of nitrogens with zero attached hydrogens (tertiary/aromatic N) is 2. The van der Waals surface area contributed by atoms with Gasteiger partial charge in [0.25, 0.3) is 5.91 Å². The molecule has 0 atom stereocenters. The van der Waals surface area contributed by atoms with Crippen molar-refractivity contribution in [3.05, 3.63) is 64.3 Å². The number of ether oxygens (including phenoxy) is 1. The second-order valence-corrected chi connectivity index (χ2v) is 5.95. The number of pyridine rings is 1. The van der Waals surface area contributed by atoms with Gasteiger partial charge in [0.05, 0.1) is 17.0 Å². The van der Waals surface area contributed by atoms with Gasteiger partial charge in [-0.05, 0) is 30.3 Å². The summed E-state index contributed by atoms with van der Waals surface area (Å²) < 4.78 is 5.65. The van der Waals surface area contributed by atoms with Crippen LogP contribution in [0.5, 0.6) is 5.75 Å². The van der Waals surface area contributed by atoms with E-state index >= 15 is 0 Å². The summed E-state index contributed by atoms with van der Waals surface area (Å²) in [5.74, 6) is -0.204. The molecule has 1 aromatic carbocycles. The first-order chi connectivity index (χ1) is 11.1. The average Bonchev–Trinajstić information content (AvgIpc) is 3.03. The molecule has 0 aliphatic rings. The summed E-state index contributed by atoms with van der Waals surface area (Å²) in [6, 6.07) is 10.4. The van der Waals surface area contributed by atoms with Crippen LogP contribution in [0.25, 0.3) is 10.7 Å². The van der Waals surface area contributed by atoms with Crippen molar-refractivity contribution >= 4 is 28.8 Å². The Morgan fingerprint density at radius 2 is 2.17 bits per heavy atom. The molecule has 5 nitrogen and oxygen atoms in total. The predicted molar refractivity (Wildman–Crippen MR) is 89.6 cm³/mol. The Kier molecular flexibility index (Phi) is 4.55. The smallest absolute Gasteiger partial charge is 0.252 e. The van der Waals surface area contributed by atoms with Crippen molar-refractivity contribution in [2.45, 2.75) is 6.61 Å². The Labute approximate surface area is 141 Å². The van der Waals surface area contributed by atoms with Crippen LogP contribution in [0.2, 0.25) is 5.02 Å². The molecule has 2 aromatic heterocycles. The first kappa shape index (κ1) is 15.5. The van der Waals surface area contributed by atoms with Crippen LogP contribution in [-0.4, -0.2) is 15.9 Å². The van der Waals surface area contributed by atoms with Crippen LogP contribution in [0, 0.1) is 0 Å². The molecule has 0 aliphatic carbocycles. The number of primary amides is 1. The lowest BCUT2D eigenvalue weighted by Gasteiger charge is -2.08. The molecule has 2 heterocycles. The lowest BCUT2D eigenvalue weighted by atomic mass is 10.2. The molecule has 116 valence electrons. The van der Waals surface area contributed by atoms with E-state index < -0.39 is 5.91 Å². The van der Waals surface area contributed by atoms with Gasteiger partial charge in [0.15, 0.2) is 0 Å². The topological polar surface area (TPSA) is 78.1 Å². The fourth-order valence-electron chi connectivity index (χ4n) is 1.95. The second-order valence-electron chi connectivity index (χ2n) is 4.65. The van der Waals surface area contributed by atoms with Gasteiger partial charge in [-0.1, -0.05) is 17.7 Å². The van der Waals surface area contributed by atoms with Crippen LogP contribution >= 0.6 is 22.9 Å². The summed E-state index contributed by atoms with van der Waals surface area (Å²) >= 11 is 7.35. The maximum Gasteiger partial charge on any atom is 0.252 e. The molecular weight excluding hydrogens is 334 g/mol. The summed E-state index contributed by atoms with van der Waals surface area (Å²) in [6.07, 6.45) is 1.72. The van der Waals surface area contributed by atoms with E-state index in [1.165, 1.54) is 17.4 Å². The zero-order chi connectivity index (χ0) is 16.2. The third-order valence-electron chi connectivity index (χ3n) is 3.02. The summed E-state index contributed by atoms with van der Waals surface area (Å²) in [7, 11) is 0. The molecule has 0 radical (unpaired) electrons. The van der Waals surface area contributed by atoms with Gasteiger partial charge in [-0.3, -0.25) is 9.78 Å². The molecule has 3 rings (SSSR count). The van der Waals surface area contributed by atoms with Crippen LogP contribution in [0.15, 0.2) is 48.0 Å². The fourth-order valence-corrected chi connectivity index (χ4v) is 2.90. The molecule has 3 aromatic rings. The number of aromatic nitrogens is 2. The summed E-state index contributed by atoms with van der Waals surface area (Å²) in [4.78, 5) is 20.2. The van der Waals surface area contributed by atoms with E-state index in [-0.39, 0.29) is 12.2 Å². The number of benzene rings is 1. The van der Waals surface area contributed by atoms with Crippen LogP contribution in [0.1, 0.15) is 16.1 Å². The van der Waals surface area contributed by atoms with Gasteiger partial charge in [-0.25, -0.2) is 4.98 Å². The third kappa shape index (κ3) is 3.67. The zero-order valence-electron chi connectivity index (χ0n) is 11.9. The molecule has 0 aliphatic heterocycles. The van der Waals surface area contributed by atoms with Crippen molar-refractivity contribution in [3.8, 4) is 16.5 Å². The molecule has 0 unspecified atom stereocenters. The van der Waals surface area contributed by atoms with E-state index in [0.29, 0.717) is 10.8 Å². The highest BCUT2D eigenvalue weighted by Crippen LogP contribution is 2.25. The van der Waals surface area contributed by atoms with Gasteiger partial charge >= 0.3 is 0 Å². The third-order valence-corrected chi connectivity index (χ3v) is 4.17. The second kappa shape index (κ2) is 6.76. The monoisotopic (exact) mass is 345 g/mol. The van der Waals surface area contributed by atoms with Gasteiger partial charge in [0.1, 0.15) is 17.4 Å². The minimum atomic E-state index is -0.588. The molecule has 7 heteroatoms. The Morgan fingerprint density at radius 1 is 1.30 bits per heavy atom. The van der Waals surface area contributed by atoms with Crippen molar-refractivity contribution < 1.29 is 9.53 Å². The largest absolute Gasteiger partial charge is 0.486 e. The first-order valence-electron chi connectivity index (χ1n) is 6.71. The van der Waals surface area contributed by atoms with Crippen molar-refractivity contribution in [2.24, 2.45) is 5.73 Å². The molecule has 0 bridgehead atoms. The van der Waals surface area contributed by atoms with Gasteiger partial charge in [-0.15, -0.1) is 11.3 Å². The van der Waals surface area contributed by atoms with Crippen molar-refractivity contribution in [1.29, 1.82) is 0 Å². The minimum Gasteiger partial charge on any atom is -0.486 e. The maximum atomic E-state index is 11.4. The molecule has 0 saturated carbocycles. The predicted octanol–water partition coefficient (Wildman–Crippen LogP) is 3.54. The van der Waals surface area contributed by atoms with Gasteiger partial charge < -0.3 is 10.5 Å². The zero-order valence-corrected chi connectivity index (χ0v) is 13.5. The number of hydrogen-bond donors (Lipinski definition) is 1. The summed E-state index contributed by atoms with van der Waals surface area (Å²) in [6.45, 7) is 0.227. The van der Waals surface area contributed by atoms with E-state index in [1.54, 1.807) is 18.3 Å². The van der Waals surface area contributed by atoms with Crippen LogP contribution in [-0.2, 0) is 6.61 Å². The Balaban J connectivity index is 1.75. The highest BCUT2D eigenvalue weighted by atomic mass is 35.5. The van der Waals surface area contributed by atoms with E-state index in [4.69, 9.17) is 22.1 Å². The van der Waals surface area contributed by atoms with Crippen LogP contribution in [0.4, 0.5) is 0 Å². The summed E-state index contributed by atoms with van der Waals surface area (Å²) in [5.41, 5.74) is 7.14. The standard InChI is InChI=1S/C16H12ClN3O2S/c17-10-4-5-14(12(7-10)15(18)21)22-8-11-9-23-16(20-11)13-3-1-2-6-19-13/h1-7,9H,8H2,(H2,18,21). The average molecular weight is 346 g/mol. The highest BCUT2D eigenvalue weighted by molar-refractivity contribution is 7.13. The lowest BCUT2D eigenvalue weighted by molar-refractivity contribution is 0.0996. The van der Waals surface area contributed by atoms with Gasteiger partial charge in [-0.2, -0.15) is 0 Å². The highest BCUT2D eigenvalue weighted by Gasteiger charge is 2.12. The number of amides is 1. The number of hydrogen-bond acceptors (Lipinski definition) is 5. The molecule has 0 saturated heterocycles. The normalized spacial score (nSPS) is 10.5.